The SMILES string of the molecule is O=C(NCc1cnc(-c2ccc(OCCCN3CCC3)cc2)s1)C(F)(F)F. The van der Waals surface area contributed by atoms with E-state index in [9.17, 15) is 18.0 Å². The lowest BCUT2D eigenvalue weighted by Gasteiger charge is -2.30. The zero-order valence-corrected chi connectivity index (χ0v) is 15.4. The highest BCUT2D eigenvalue weighted by molar-refractivity contribution is 7.15. The maximum atomic E-state index is 12.2. The molecule has 0 saturated carbocycles. The molecule has 0 bridgehead atoms. The number of hydrogen-bond donors (Lipinski definition) is 1. The third-order valence-electron chi connectivity index (χ3n) is 4.17. The largest absolute Gasteiger partial charge is 0.494 e. The number of thiazole rings is 1. The second kappa shape index (κ2) is 8.71. The maximum absolute atomic E-state index is 12.2. The van der Waals surface area contributed by atoms with E-state index in [0.29, 0.717) is 16.5 Å². The fourth-order valence-corrected chi connectivity index (χ4v) is 3.42. The predicted octanol–water partition coefficient (Wildman–Crippen LogP) is 3.46. The first-order valence-corrected chi connectivity index (χ1v) is 9.49. The molecular weight excluding hydrogens is 379 g/mol. The fourth-order valence-electron chi connectivity index (χ4n) is 2.57. The number of halogens is 3. The molecule has 0 aliphatic carbocycles. The zero-order valence-electron chi connectivity index (χ0n) is 14.6. The molecule has 0 unspecified atom stereocenters. The van der Waals surface area contributed by atoms with E-state index in [-0.39, 0.29) is 6.54 Å². The summed E-state index contributed by atoms with van der Waals surface area (Å²) in [6.45, 7) is 3.89. The van der Waals surface area contributed by atoms with Gasteiger partial charge in [-0.1, -0.05) is 0 Å². The van der Waals surface area contributed by atoms with E-state index in [0.717, 1.165) is 24.3 Å². The Bertz CT molecular complexity index is 758. The van der Waals surface area contributed by atoms with Gasteiger partial charge in [0.25, 0.3) is 0 Å². The van der Waals surface area contributed by atoms with Crippen LogP contribution >= 0.6 is 11.3 Å². The lowest BCUT2D eigenvalue weighted by molar-refractivity contribution is -0.173. The highest BCUT2D eigenvalue weighted by Gasteiger charge is 2.38. The van der Waals surface area contributed by atoms with Crippen LogP contribution < -0.4 is 10.1 Å². The standard InChI is InChI=1S/C18H20F3N3O2S/c19-18(20,21)17(25)23-12-15-11-22-16(27-15)13-3-5-14(6-4-13)26-10-2-9-24-7-1-8-24/h3-6,11H,1-2,7-10,12H2,(H,23,25). The molecular formula is C18H20F3N3O2S. The number of alkyl halides is 3. The summed E-state index contributed by atoms with van der Waals surface area (Å²) < 4.78 is 42.3. The van der Waals surface area contributed by atoms with Crippen LogP contribution in [0, 0.1) is 0 Å². The highest BCUT2D eigenvalue weighted by atomic mass is 32.1. The number of carbonyl (C=O) groups excluding carboxylic acids is 1. The molecule has 1 fully saturated rings. The summed E-state index contributed by atoms with van der Waals surface area (Å²) >= 11 is 1.24. The molecule has 1 saturated heterocycles. The third-order valence-corrected chi connectivity index (χ3v) is 5.22. The van der Waals surface area contributed by atoms with Crippen molar-refractivity contribution < 1.29 is 22.7 Å². The van der Waals surface area contributed by atoms with Gasteiger partial charge in [0.2, 0.25) is 0 Å². The van der Waals surface area contributed by atoms with E-state index in [2.05, 4.69) is 9.88 Å². The number of aromatic nitrogens is 1. The minimum Gasteiger partial charge on any atom is -0.494 e. The summed E-state index contributed by atoms with van der Waals surface area (Å²) in [5, 5.41) is 2.52. The third kappa shape index (κ3) is 5.67. The van der Waals surface area contributed by atoms with E-state index in [1.54, 1.807) is 0 Å². The van der Waals surface area contributed by atoms with Crippen molar-refractivity contribution in [1.29, 1.82) is 0 Å². The van der Waals surface area contributed by atoms with Crippen molar-refractivity contribution in [3.05, 3.63) is 35.3 Å². The van der Waals surface area contributed by atoms with E-state index in [1.807, 2.05) is 29.6 Å². The quantitative estimate of drug-likeness (QED) is 0.691. The van der Waals surface area contributed by atoms with Crippen LogP contribution in [0.4, 0.5) is 13.2 Å². The molecule has 0 spiro atoms. The molecule has 1 aliphatic rings. The van der Waals surface area contributed by atoms with Crippen LogP contribution in [0.5, 0.6) is 5.75 Å². The van der Waals surface area contributed by atoms with Gasteiger partial charge in [-0.05, 0) is 50.2 Å². The fraction of sp³-hybridized carbons (Fsp3) is 0.444. The summed E-state index contributed by atoms with van der Waals surface area (Å²) in [6, 6.07) is 7.43. The normalized spacial score (nSPS) is 14.6. The number of benzene rings is 1. The molecule has 2 heterocycles. The number of hydrogen-bond acceptors (Lipinski definition) is 5. The number of nitrogens with one attached hydrogen (secondary N) is 1. The van der Waals surface area contributed by atoms with Crippen molar-refractivity contribution >= 4 is 17.2 Å². The smallest absolute Gasteiger partial charge is 0.471 e. The van der Waals surface area contributed by atoms with Gasteiger partial charge in [0.05, 0.1) is 13.2 Å². The first-order valence-electron chi connectivity index (χ1n) is 8.67. The van der Waals surface area contributed by atoms with Crippen LogP contribution in [-0.4, -0.2) is 48.2 Å². The average Bonchev–Trinajstić information content (AvgIpc) is 3.06. The number of likely N-dealkylation sites (tertiary alicyclic amines) is 1. The van der Waals surface area contributed by atoms with Gasteiger partial charge in [0.15, 0.2) is 0 Å². The Morgan fingerprint density at radius 2 is 2.00 bits per heavy atom. The second-order valence-electron chi connectivity index (χ2n) is 6.23. The molecule has 1 aromatic heterocycles. The van der Waals surface area contributed by atoms with E-state index < -0.39 is 12.1 Å². The van der Waals surface area contributed by atoms with Gasteiger partial charge in [-0.3, -0.25) is 4.79 Å². The van der Waals surface area contributed by atoms with Crippen molar-refractivity contribution in [2.45, 2.75) is 25.6 Å². The first-order chi connectivity index (χ1) is 12.9. The summed E-state index contributed by atoms with van der Waals surface area (Å²) in [5.74, 6) is -1.18. The van der Waals surface area contributed by atoms with Gasteiger partial charge in [-0.25, -0.2) is 4.98 Å². The minimum atomic E-state index is -4.88. The molecule has 0 radical (unpaired) electrons. The number of ether oxygens (including phenoxy) is 1. The molecule has 1 aliphatic heterocycles. The number of rotatable bonds is 8. The van der Waals surface area contributed by atoms with Crippen LogP contribution in [-0.2, 0) is 11.3 Å². The minimum absolute atomic E-state index is 0.200. The van der Waals surface area contributed by atoms with Crippen LogP contribution in [0.1, 0.15) is 17.7 Å². The molecule has 5 nitrogen and oxygen atoms in total. The lowest BCUT2D eigenvalue weighted by Crippen LogP contribution is -2.38. The highest BCUT2D eigenvalue weighted by Crippen LogP contribution is 2.27. The summed E-state index contributed by atoms with van der Waals surface area (Å²) in [6.07, 6.45) is -1.13. The molecule has 146 valence electrons. The molecule has 0 atom stereocenters. The number of carbonyl (C=O) groups is 1. The Morgan fingerprint density at radius 3 is 2.63 bits per heavy atom. The van der Waals surface area contributed by atoms with Gasteiger partial charge < -0.3 is 15.0 Å². The zero-order chi connectivity index (χ0) is 19.3. The lowest BCUT2D eigenvalue weighted by atomic mass is 10.2. The Kier molecular flexibility index (Phi) is 6.33. The van der Waals surface area contributed by atoms with Crippen LogP contribution in [0.15, 0.2) is 30.5 Å². The number of nitrogens with zero attached hydrogens (tertiary/aromatic N) is 2. The Hall–Kier alpha value is -2.13. The van der Waals surface area contributed by atoms with Crippen LogP contribution in [0.3, 0.4) is 0 Å². The van der Waals surface area contributed by atoms with Gasteiger partial charge in [-0.2, -0.15) is 13.2 Å². The molecule has 1 amide bonds. The predicted molar refractivity (Wildman–Crippen MR) is 96.6 cm³/mol. The average molecular weight is 399 g/mol. The monoisotopic (exact) mass is 399 g/mol. The van der Waals surface area contributed by atoms with Gasteiger partial charge in [0.1, 0.15) is 10.8 Å². The molecule has 9 heteroatoms. The van der Waals surface area contributed by atoms with Crippen LogP contribution in [0.25, 0.3) is 10.6 Å². The molecule has 2 aromatic rings. The summed E-state index contributed by atoms with van der Waals surface area (Å²) in [7, 11) is 0. The van der Waals surface area contributed by atoms with E-state index >= 15 is 0 Å². The Morgan fingerprint density at radius 1 is 1.26 bits per heavy atom. The summed E-state index contributed by atoms with van der Waals surface area (Å²) in [5.41, 5.74) is 0.848. The van der Waals surface area contributed by atoms with E-state index in [4.69, 9.17) is 4.74 Å². The summed E-state index contributed by atoms with van der Waals surface area (Å²) in [4.78, 5) is 18.0. The molecule has 1 aromatic carbocycles. The maximum Gasteiger partial charge on any atom is 0.471 e. The Balaban J connectivity index is 1.47. The van der Waals surface area contributed by atoms with Crippen molar-refractivity contribution in [2.24, 2.45) is 0 Å². The van der Waals surface area contributed by atoms with Crippen LogP contribution in [0.2, 0.25) is 0 Å². The molecule has 3 rings (SSSR count). The second-order valence-corrected chi connectivity index (χ2v) is 7.35. The van der Waals surface area contributed by atoms with Crippen molar-refractivity contribution in [2.75, 3.05) is 26.2 Å². The number of amides is 1. The van der Waals surface area contributed by atoms with Gasteiger partial charge in [-0.15, -0.1) is 11.3 Å². The van der Waals surface area contributed by atoms with Crippen molar-refractivity contribution in [3.63, 3.8) is 0 Å². The topological polar surface area (TPSA) is 54.5 Å². The molecule has 1 N–H and O–H groups in total. The van der Waals surface area contributed by atoms with E-state index in [1.165, 1.54) is 37.0 Å². The van der Waals surface area contributed by atoms with Crippen molar-refractivity contribution in [1.82, 2.24) is 15.2 Å². The van der Waals surface area contributed by atoms with Crippen molar-refractivity contribution in [3.8, 4) is 16.3 Å². The van der Waals surface area contributed by atoms with Gasteiger partial charge in [0, 0.05) is 23.2 Å². The van der Waals surface area contributed by atoms with Gasteiger partial charge >= 0.3 is 12.1 Å². The Labute approximate surface area is 159 Å². The first kappa shape index (κ1) is 19.6. The molecule has 27 heavy (non-hydrogen) atoms.